The van der Waals surface area contributed by atoms with E-state index >= 15 is 0 Å². The summed E-state index contributed by atoms with van der Waals surface area (Å²) >= 11 is 0. The first-order valence-electron chi connectivity index (χ1n) is 5.81. The number of hydrogen-bond acceptors (Lipinski definition) is 3. The Labute approximate surface area is 109 Å². The molecule has 0 bridgehead atoms. The van der Waals surface area contributed by atoms with Crippen molar-refractivity contribution in [2.24, 2.45) is 0 Å². The quantitative estimate of drug-likeness (QED) is 0.589. The SMILES string of the molecule is COc1ccc(COC(=O)CC(C)[B-](F)(F)F)cc1. The van der Waals surface area contributed by atoms with Gasteiger partial charge in [-0.3, -0.25) is 4.79 Å². The molecule has 0 aliphatic heterocycles. The highest BCUT2D eigenvalue weighted by molar-refractivity contribution is 6.60. The van der Waals surface area contributed by atoms with Crippen molar-refractivity contribution in [1.29, 1.82) is 0 Å². The van der Waals surface area contributed by atoms with E-state index in [1.54, 1.807) is 24.3 Å². The van der Waals surface area contributed by atoms with E-state index in [9.17, 15) is 17.7 Å². The topological polar surface area (TPSA) is 35.5 Å². The summed E-state index contributed by atoms with van der Waals surface area (Å²) in [6, 6.07) is 6.74. The minimum Gasteiger partial charge on any atom is -0.497 e. The Bertz CT molecular complexity index is 417. The van der Waals surface area contributed by atoms with Crippen LogP contribution in [0.3, 0.4) is 0 Å². The molecule has 0 aliphatic carbocycles. The number of carbonyl (C=O) groups excluding carboxylic acids is 1. The Morgan fingerprint density at radius 3 is 2.32 bits per heavy atom. The van der Waals surface area contributed by atoms with Gasteiger partial charge in [0.1, 0.15) is 12.4 Å². The van der Waals surface area contributed by atoms with Gasteiger partial charge in [0.15, 0.2) is 0 Å². The van der Waals surface area contributed by atoms with Crippen LogP contribution in [0, 0.1) is 0 Å². The molecular weight excluding hydrogens is 260 g/mol. The molecule has 1 unspecified atom stereocenters. The van der Waals surface area contributed by atoms with Gasteiger partial charge in [-0.1, -0.05) is 24.9 Å². The summed E-state index contributed by atoms with van der Waals surface area (Å²) < 4.78 is 46.6. The highest BCUT2D eigenvalue weighted by Crippen LogP contribution is 2.29. The summed E-state index contributed by atoms with van der Waals surface area (Å²) in [6.45, 7) is -4.06. The molecule has 1 aromatic carbocycles. The summed E-state index contributed by atoms with van der Waals surface area (Å²) in [5.74, 6) is -1.82. The predicted molar refractivity (Wildman–Crippen MR) is 65.9 cm³/mol. The fourth-order valence-corrected chi connectivity index (χ4v) is 1.34. The predicted octanol–water partition coefficient (Wildman–Crippen LogP) is 3.37. The average Bonchev–Trinajstić information content (AvgIpc) is 2.35. The van der Waals surface area contributed by atoms with E-state index in [1.165, 1.54) is 7.11 Å². The van der Waals surface area contributed by atoms with Crippen LogP contribution in [0.5, 0.6) is 5.75 Å². The third kappa shape index (κ3) is 5.24. The number of esters is 1. The van der Waals surface area contributed by atoms with Crippen LogP contribution in [-0.2, 0) is 16.1 Å². The number of benzene rings is 1. The molecule has 0 aromatic heterocycles. The van der Waals surface area contributed by atoms with Gasteiger partial charge in [0.2, 0.25) is 0 Å². The maximum absolute atomic E-state index is 12.3. The second-order valence-electron chi connectivity index (χ2n) is 4.32. The maximum atomic E-state index is 12.3. The standard InChI is InChI=1S/C12H15BF3O3/c1-9(13(14,15)16)7-12(17)19-8-10-3-5-11(18-2)6-4-10/h3-6,9H,7-8H2,1-2H3/q-1. The van der Waals surface area contributed by atoms with Gasteiger partial charge in [0, 0.05) is 6.42 Å². The van der Waals surface area contributed by atoms with E-state index in [1.807, 2.05) is 0 Å². The monoisotopic (exact) mass is 275 g/mol. The van der Waals surface area contributed by atoms with Crippen LogP contribution in [0.4, 0.5) is 12.9 Å². The minimum atomic E-state index is -5.00. The normalized spacial score (nSPS) is 12.9. The molecule has 0 fully saturated rings. The van der Waals surface area contributed by atoms with Crippen molar-refractivity contribution >= 4 is 12.9 Å². The lowest BCUT2D eigenvalue weighted by atomic mass is 9.72. The number of ether oxygens (including phenoxy) is 2. The third-order valence-electron chi connectivity index (χ3n) is 2.69. The number of methoxy groups -OCH3 is 1. The van der Waals surface area contributed by atoms with Crippen LogP contribution in [0.25, 0.3) is 0 Å². The molecular formula is C12H15BF3O3-. The number of halogens is 3. The van der Waals surface area contributed by atoms with Crippen molar-refractivity contribution in [3.8, 4) is 5.75 Å². The van der Waals surface area contributed by atoms with Crippen LogP contribution in [0.1, 0.15) is 18.9 Å². The first kappa shape index (κ1) is 15.4. The highest BCUT2D eigenvalue weighted by atomic mass is 19.4. The third-order valence-corrected chi connectivity index (χ3v) is 2.69. The number of carbonyl (C=O) groups is 1. The van der Waals surface area contributed by atoms with Gasteiger partial charge < -0.3 is 22.4 Å². The Hall–Kier alpha value is -1.66. The zero-order chi connectivity index (χ0) is 14.5. The van der Waals surface area contributed by atoms with E-state index in [-0.39, 0.29) is 6.61 Å². The molecule has 0 aliphatic rings. The van der Waals surface area contributed by atoms with Crippen molar-refractivity contribution in [3.05, 3.63) is 29.8 Å². The summed E-state index contributed by atoms with van der Waals surface area (Å²) in [7, 11) is 1.52. The van der Waals surface area contributed by atoms with E-state index in [0.717, 1.165) is 6.92 Å². The van der Waals surface area contributed by atoms with E-state index < -0.39 is 25.2 Å². The van der Waals surface area contributed by atoms with Crippen LogP contribution in [0.2, 0.25) is 5.82 Å². The zero-order valence-electron chi connectivity index (χ0n) is 10.7. The van der Waals surface area contributed by atoms with Crippen LogP contribution in [0.15, 0.2) is 24.3 Å². The fourth-order valence-electron chi connectivity index (χ4n) is 1.34. The molecule has 0 N–H and O–H groups in total. The molecule has 106 valence electrons. The van der Waals surface area contributed by atoms with Gasteiger partial charge in [0.25, 0.3) is 0 Å². The smallest absolute Gasteiger partial charge is 0.481 e. The average molecular weight is 275 g/mol. The number of hydrogen-bond donors (Lipinski definition) is 0. The lowest BCUT2D eigenvalue weighted by Gasteiger charge is -2.21. The van der Waals surface area contributed by atoms with Crippen molar-refractivity contribution in [2.45, 2.75) is 25.8 Å². The maximum Gasteiger partial charge on any atom is 0.481 e. The Morgan fingerprint density at radius 2 is 1.84 bits per heavy atom. The lowest BCUT2D eigenvalue weighted by Crippen LogP contribution is -2.24. The minimum absolute atomic E-state index is 0.0413. The first-order valence-corrected chi connectivity index (χ1v) is 5.81. The Morgan fingerprint density at radius 1 is 1.26 bits per heavy atom. The van der Waals surface area contributed by atoms with Crippen LogP contribution >= 0.6 is 0 Å². The molecule has 0 saturated heterocycles. The van der Waals surface area contributed by atoms with Crippen molar-refractivity contribution < 1.29 is 27.2 Å². The molecule has 19 heavy (non-hydrogen) atoms. The van der Waals surface area contributed by atoms with E-state index in [0.29, 0.717) is 11.3 Å². The molecule has 3 nitrogen and oxygen atoms in total. The molecule has 7 heteroatoms. The molecule has 0 radical (unpaired) electrons. The van der Waals surface area contributed by atoms with Crippen LogP contribution < -0.4 is 4.74 Å². The molecule has 0 saturated carbocycles. The zero-order valence-corrected chi connectivity index (χ0v) is 10.7. The largest absolute Gasteiger partial charge is 0.497 e. The second-order valence-corrected chi connectivity index (χ2v) is 4.32. The Kier molecular flexibility index (Phi) is 5.26. The van der Waals surface area contributed by atoms with E-state index in [4.69, 9.17) is 9.47 Å². The molecule has 0 amide bonds. The molecule has 1 atom stereocenters. The van der Waals surface area contributed by atoms with Gasteiger partial charge in [-0.15, -0.1) is 0 Å². The summed E-state index contributed by atoms with van der Waals surface area (Å²) in [4.78, 5) is 11.3. The van der Waals surface area contributed by atoms with Crippen LogP contribution in [-0.4, -0.2) is 20.1 Å². The lowest BCUT2D eigenvalue weighted by molar-refractivity contribution is -0.145. The van der Waals surface area contributed by atoms with Gasteiger partial charge >= 0.3 is 12.9 Å². The van der Waals surface area contributed by atoms with Gasteiger partial charge in [-0.2, -0.15) is 0 Å². The van der Waals surface area contributed by atoms with Gasteiger partial charge in [0.05, 0.1) is 7.11 Å². The summed E-state index contributed by atoms with van der Waals surface area (Å²) in [5.41, 5.74) is 0.694. The van der Waals surface area contributed by atoms with Crippen molar-refractivity contribution in [3.63, 3.8) is 0 Å². The molecule has 1 rings (SSSR count). The first-order chi connectivity index (χ1) is 8.82. The van der Waals surface area contributed by atoms with Crippen molar-refractivity contribution in [2.75, 3.05) is 7.11 Å². The molecule has 0 heterocycles. The Balaban J connectivity index is 2.41. The van der Waals surface area contributed by atoms with Gasteiger partial charge in [-0.25, -0.2) is 0 Å². The summed E-state index contributed by atoms with van der Waals surface area (Å²) in [5, 5.41) is 0. The summed E-state index contributed by atoms with van der Waals surface area (Å²) in [6.07, 6.45) is -0.639. The van der Waals surface area contributed by atoms with Crippen molar-refractivity contribution in [1.82, 2.24) is 0 Å². The van der Waals surface area contributed by atoms with E-state index in [2.05, 4.69) is 0 Å². The highest BCUT2D eigenvalue weighted by Gasteiger charge is 2.32. The second kappa shape index (κ2) is 6.49. The molecule has 0 spiro atoms. The fraction of sp³-hybridized carbons (Fsp3) is 0.417. The number of rotatable bonds is 6. The van der Waals surface area contributed by atoms with Gasteiger partial charge in [-0.05, 0) is 17.7 Å². The molecule has 1 aromatic rings.